The van der Waals surface area contributed by atoms with Crippen LogP contribution in [-0.2, 0) is 19.8 Å². The maximum atomic E-state index is 8.69. The highest BCUT2D eigenvalue weighted by Crippen LogP contribution is 2.42. The molecule has 132 valence electrons. The standard InChI is InChI=1S/C25H28N/c1-16(2)12-20-14-24(26(5)15-18(20)4)25-17(3)10-11-22-21-9-7-6-8-19(21)13-23(22)25/h6-11,14-16H,12-13H2,1-5H3/q+1/i4D3,12D2. The lowest BCUT2D eigenvalue weighted by molar-refractivity contribution is -0.660. The second-order valence-corrected chi connectivity index (χ2v) is 7.51. The van der Waals surface area contributed by atoms with E-state index in [4.69, 9.17) is 6.85 Å². The second-order valence-electron chi connectivity index (χ2n) is 7.51. The first-order valence-electron chi connectivity index (χ1n) is 11.7. The molecule has 1 aromatic heterocycles. The molecule has 0 amide bonds. The predicted octanol–water partition coefficient (Wildman–Crippen LogP) is 5.56. The summed E-state index contributed by atoms with van der Waals surface area (Å²) < 4.78 is 43.3. The third-order valence-corrected chi connectivity index (χ3v) is 5.17. The average Bonchev–Trinajstić information content (AvgIpc) is 3.05. The first kappa shape index (κ1) is 12.1. The third kappa shape index (κ3) is 2.76. The number of benzene rings is 2. The molecular weight excluding hydrogens is 314 g/mol. The maximum absolute atomic E-state index is 8.69. The lowest BCUT2D eigenvalue weighted by Crippen LogP contribution is -2.32. The van der Waals surface area contributed by atoms with Crippen LogP contribution < -0.4 is 4.57 Å². The topological polar surface area (TPSA) is 3.88 Å². The van der Waals surface area contributed by atoms with Crippen LogP contribution in [0.3, 0.4) is 0 Å². The van der Waals surface area contributed by atoms with Crippen LogP contribution in [0.15, 0.2) is 48.7 Å². The van der Waals surface area contributed by atoms with Crippen molar-refractivity contribution in [1.82, 2.24) is 0 Å². The Kier molecular flexibility index (Phi) is 2.97. The summed E-state index contributed by atoms with van der Waals surface area (Å²) in [5.41, 5.74) is 8.26. The van der Waals surface area contributed by atoms with Crippen molar-refractivity contribution in [3.05, 3.63) is 76.5 Å². The fourth-order valence-electron chi connectivity index (χ4n) is 4.01. The Bertz CT molecular complexity index is 1180. The van der Waals surface area contributed by atoms with Gasteiger partial charge in [-0.1, -0.05) is 50.2 Å². The van der Waals surface area contributed by atoms with Gasteiger partial charge in [-0.2, -0.15) is 0 Å². The average molecular weight is 348 g/mol. The summed E-state index contributed by atoms with van der Waals surface area (Å²) >= 11 is 0. The number of nitrogens with zero attached hydrogens (tertiary/aromatic N) is 1. The van der Waals surface area contributed by atoms with E-state index in [9.17, 15) is 0 Å². The van der Waals surface area contributed by atoms with Gasteiger partial charge in [-0.25, -0.2) is 4.57 Å². The number of fused-ring (bicyclic) bond motifs is 3. The molecule has 1 heteroatoms. The molecule has 0 spiro atoms. The van der Waals surface area contributed by atoms with Gasteiger partial charge in [0.05, 0.1) is 5.56 Å². The Balaban J connectivity index is 2.01. The summed E-state index contributed by atoms with van der Waals surface area (Å²) in [6.07, 6.45) is 0.649. The molecule has 1 nitrogen and oxygen atoms in total. The van der Waals surface area contributed by atoms with Crippen molar-refractivity contribution in [2.24, 2.45) is 13.0 Å². The summed E-state index contributed by atoms with van der Waals surface area (Å²) in [6, 6.07) is 14.4. The number of aromatic nitrogens is 1. The van der Waals surface area contributed by atoms with Crippen LogP contribution in [0.2, 0.25) is 0 Å². The first-order chi connectivity index (χ1) is 14.4. The van der Waals surface area contributed by atoms with E-state index in [1.165, 1.54) is 22.3 Å². The van der Waals surface area contributed by atoms with Gasteiger partial charge in [-0.15, -0.1) is 0 Å². The van der Waals surface area contributed by atoms with Crippen molar-refractivity contribution < 1.29 is 11.4 Å². The molecule has 0 fully saturated rings. The molecule has 0 N–H and O–H groups in total. The van der Waals surface area contributed by atoms with E-state index >= 15 is 0 Å². The van der Waals surface area contributed by atoms with Gasteiger partial charge in [0.25, 0.3) is 0 Å². The fourth-order valence-corrected chi connectivity index (χ4v) is 4.01. The van der Waals surface area contributed by atoms with Gasteiger partial charge < -0.3 is 0 Å². The van der Waals surface area contributed by atoms with Gasteiger partial charge in [0.15, 0.2) is 6.20 Å². The molecule has 4 rings (SSSR count). The zero-order valence-electron chi connectivity index (χ0n) is 20.9. The largest absolute Gasteiger partial charge is 0.213 e. The van der Waals surface area contributed by atoms with E-state index in [2.05, 4.69) is 37.3 Å². The first-order valence-corrected chi connectivity index (χ1v) is 9.18. The van der Waals surface area contributed by atoms with Crippen LogP contribution >= 0.6 is 0 Å². The van der Waals surface area contributed by atoms with Crippen LogP contribution in [0.5, 0.6) is 0 Å². The molecule has 0 unspecified atom stereocenters. The maximum Gasteiger partial charge on any atom is 0.213 e. The minimum absolute atomic E-state index is 0.0750. The summed E-state index contributed by atoms with van der Waals surface area (Å²) in [4.78, 5) is 0. The Morgan fingerprint density at radius 3 is 2.69 bits per heavy atom. The highest BCUT2D eigenvalue weighted by Gasteiger charge is 2.26. The predicted molar refractivity (Wildman–Crippen MR) is 109 cm³/mol. The Morgan fingerprint density at radius 2 is 1.92 bits per heavy atom. The fraction of sp³-hybridized carbons (Fsp3) is 0.320. The number of rotatable bonds is 3. The van der Waals surface area contributed by atoms with Gasteiger partial charge in [0.1, 0.15) is 7.05 Å². The minimum atomic E-state index is -2.39. The van der Waals surface area contributed by atoms with E-state index < -0.39 is 13.2 Å². The number of pyridine rings is 1. The molecule has 1 heterocycles. The van der Waals surface area contributed by atoms with Gasteiger partial charge in [0, 0.05) is 18.5 Å². The minimum Gasteiger partial charge on any atom is -0.201 e. The molecule has 2 aromatic carbocycles. The third-order valence-electron chi connectivity index (χ3n) is 5.17. The van der Waals surface area contributed by atoms with Crippen LogP contribution in [-0.4, -0.2) is 0 Å². The van der Waals surface area contributed by atoms with Crippen molar-refractivity contribution in [3.8, 4) is 22.4 Å². The van der Waals surface area contributed by atoms with E-state index in [1.54, 1.807) is 26.1 Å². The quantitative estimate of drug-likeness (QED) is 0.427. The van der Waals surface area contributed by atoms with Crippen molar-refractivity contribution >= 4 is 0 Å². The summed E-state index contributed by atoms with van der Waals surface area (Å²) in [6.45, 7) is 3.25. The lowest BCUT2D eigenvalue weighted by atomic mass is 9.91. The SMILES string of the molecule is [2H]C([2H])([2H])c1c[n+](C)c(-c2c(C)ccc3c2Cc2ccccc2-3)cc1C([2H])([2H])C(C)C. The number of aryl methyl sites for hydroxylation is 3. The molecular formula is C25H28N+. The Labute approximate surface area is 164 Å². The van der Waals surface area contributed by atoms with Crippen LogP contribution in [0.1, 0.15) is 48.5 Å². The van der Waals surface area contributed by atoms with E-state index in [1.807, 2.05) is 17.7 Å². The molecule has 0 saturated heterocycles. The number of hydrogen-bond acceptors (Lipinski definition) is 0. The van der Waals surface area contributed by atoms with Gasteiger partial charge in [-0.3, -0.25) is 0 Å². The van der Waals surface area contributed by atoms with Crippen molar-refractivity contribution in [2.45, 2.75) is 40.4 Å². The molecule has 1 aliphatic rings. The highest BCUT2D eigenvalue weighted by molar-refractivity contribution is 5.84. The normalized spacial score (nSPS) is 16.3. The Hall–Kier alpha value is -2.41. The summed E-state index contributed by atoms with van der Waals surface area (Å²) in [5.74, 6) is -0.360. The van der Waals surface area contributed by atoms with Gasteiger partial charge in [-0.05, 0) is 65.9 Å². The lowest BCUT2D eigenvalue weighted by Gasteiger charge is -2.14. The monoisotopic (exact) mass is 347 g/mol. The van der Waals surface area contributed by atoms with Crippen molar-refractivity contribution in [2.75, 3.05) is 0 Å². The van der Waals surface area contributed by atoms with E-state index in [0.29, 0.717) is 0 Å². The molecule has 0 radical (unpaired) electrons. The van der Waals surface area contributed by atoms with Gasteiger partial charge >= 0.3 is 0 Å². The molecule has 0 saturated carbocycles. The second kappa shape index (κ2) is 6.39. The molecule has 3 aromatic rings. The van der Waals surface area contributed by atoms with E-state index in [0.717, 1.165) is 23.2 Å². The zero-order chi connectivity index (χ0) is 22.7. The van der Waals surface area contributed by atoms with Crippen LogP contribution in [0, 0.1) is 19.7 Å². The summed E-state index contributed by atoms with van der Waals surface area (Å²) in [5, 5.41) is 0. The van der Waals surface area contributed by atoms with Crippen LogP contribution in [0.25, 0.3) is 22.4 Å². The smallest absolute Gasteiger partial charge is 0.201 e. The molecule has 0 bridgehead atoms. The highest BCUT2D eigenvalue weighted by atomic mass is 14.9. The van der Waals surface area contributed by atoms with Gasteiger partial charge in [0.2, 0.25) is 5.69 Å². The molecule has 0 atom stereocenters. The van der Waals surface area contributed by atoms with Crippen molar-refractivity contribution in [1.29, 1.82) is 0 Å². The van der Waals surface area contributed by atoms with Crippen LogP contribution in [0.4, 0.5) is 0 Å². The zero-order valence-corrected chi connectivity index (χ0v) is 15.9. The molecule has 1 aliphatic carbocycles. The van der Waals surface area contributed by atoms with E-state index in [-0.39, 0.29) is 17.0 Å². The Morgan fingerprint density at radius 1 is 1.12 bits per heavy atom. The number of hydrogen-bond donors (Lipinski definition) is 0. The van der Waals surface area contributed by atoms with Crippen molar-refractivity contribution in [3.63, 3.8) is 0 Å². The molecule has 26 heavy (non-hydrogen) atoms. The molecule has 0 aliphatic heterocycles. The summed E-state index contributed by atoms with van der Waals surface area (Å²) in [7, 11) is 1.85.